The summed E-state index contributed by atoms with van der Waals surface area (Å²) < 4.78 is 22.9. The summed E-state index contributed by atoms with van der Waals surface area (Å²) in [6.45, 7) is 1.84. The van der Waals surface area contributed by atoms with Crippen molar-refractivity contribution in [2.45, 2.75) is 23.7 Å². The van der Waals surface area contributed by atoms with E-state index in [1.54, 1.807) is 6.07 Å². The molecule has 0 bridgehead atoms. The monoisotopic (exact) mass is 239 g/mol. The molecule has 16 heavy (non-hydrogen) atoms. The average Bonchev–Trinajstić information content (AvgIpc) is 2.29. The normalized spacial score (nSPS) is 18.6. The molecule has 4 nitrogen and oxygen atoms in total. The largest absolute Gasteiger partial charge is 0.317 e. The number of nitrogens with one attached hydrogen (secondary N) is 1. The van der Waals surface area contributed by atoms with E-state index in [0.717, 1.165) is 31.5 Å². The third kappa shape index (κ3) is 2.42. The molecule has 1 heterocycles. The molecule has 0 spiro atoms. The number of piperidine rings is 1. The van der Waals surface area contributed by atoms with Crippen LogP contribution < -0.4 is 10.5 Å². The molecule has 2 rings (SSSR count). The molecular weight excluding hydrogens is 224 g/mol. The second kappa shape index (κ2) is 4.53. The van der Waals surface area contributed by atoms with Crippen molar-refractivity contribution in [1.29, 1.82) is 0 Å². The van der Waals surface area contributed by atoms with E-state index >= 15 is 0 Å². The van der Waals surface area contributed by atoms with Gasteiger partial charge in [-0.2, -0.15) is 0 Å². The van der Waals surface area contributed by atoms with Crippen LogP contribution in [0, 0.1) is 6.07 Å². The fraction of sp³-hybridized carbons (Fsp3) is 0.455. The second-order valence-electron chi connectivity index (χ2n) is 4.02. The van der Waals surface area contributed by atoms with Gasteiger partial charge in [-0.25, -0.2) is 13.6 Å². The lowest BCUT2D eigenvalue weighted by molar-refractivity contribution is 0.455. The van der Waals surface area contributed by atoms with Crippen LogP contribution in [-0.2, 0) is 10.0 Å². The van der Waals surface area contributed by atoms with E-state index in [9.17, 15) is 8.42 Å². The fourth-order valence-electron chi connectivity index (χ4n) is 2.14. The smallest absolute Gasteiger partial charge is 0.238 e. The number of hydrogen-bond donors (Lipinski definition) is 2. The van der Waals surface area contributed by atoms with Crippen molar-refractivity contribution in [2.24, 2.45) is 5.14 Å². The molecule has 1 radical (unpaired) electrons. The van der Waals surface area contributed by atoms with Gasteiger partial charge in [0, 0.05) is 6.07 Å². The van der Waals surface area contributed by atoms with Gasteiger partial charge in [0.2, 0.25) is 10.0 Å². The molecule has 5 heteroatoms. The highest BCUT2D eigenvalue weighted by Gasteiger charge is 2.22. The zero-order valence-corrected chi connectivity index (χ0v) is 9.76. The lowest BCUT2D eigenvalue weighted by Gasteiger charge is -2.24. The van der Waals surface area contributed by atoms with Crippen molar-refractivity contribution >= 4 is 10.0 Å². The molecule has 1 fully saturated rings. The van der Waals surface area contributed by atoms with Gasteiger partial charge in [-0.15, -0.1) is 0 Å². The van der Waals surface area contributed by atoms with Crippen LogP contribution in [-0.4, -0.2) is 21.5 Å². The maximum Gasteiger partial charge on any atom is 0.238 e. The highest BCUT2D eigenvalue weighted by Crippen LogP contribution is 2.29. The predicted octanol–water partition coefficient (Wildman–Crippen LogP) is 0.601. The SMILES string of the molecule is NS(=O)(=O)c1[c]cccc1C1CCNCC1. The van der Waals surface area contributed by atoms with Crippen LogP contribution in [0.5, 0.6) is 0 Å². The standard InChI is InChI=1S/C11H15N2O2S/c12-16(14,15)11-4-2-1-3-10(11)9-5-7-13-8-6-9/h1-3,9,13H,5-8H2,(H2,12,14,15). The first-order chi connectivity index (χ1) is 7.59. The molecule has 1 aromatic carbocycles. The van der Waals surface area contributed by atoms with Crippen LogP contribution in [0.4, 0.5) is 0 Å². The highest BCUT2D eigenvalue weighted by molar-refractivity contribution is 7.89. The Balaban J connectivity index is 2.40. The topological polar surface area (TPSA) is 72.2 Å². The Kier molecular flexibility index (Phi) is 3.28. The van der Waals surface area contributed by atoms with Crippen molar-refractivity contribution in [1.82, 2.24) is 5.32 Å². The minimum absolute atomic E-state index is 0.155. The number of sulfonamides is 1. The minimum Gasteiger partial charge on any atom is -0.317 e. The molecule has 1 aromatic rings. The van der Waals surface area contributed by atoms with Gasteiger partial charge in [0.15, 0.2) is 0 Å². The Labute approximate surface area is 95.9 Å². The van der Waals surface area contributed by atoms with Gasteiger partial charge in [0.05, 0.1) is 4.90 Å². The molecule has 1 aliphatic heterocycles. The lowest BCUT2D eigenvalue weighted by atomic mass is 9.90. The quantitative estimate of drug-likeness (QED) is 0.794. The van der Waals surface area contributed by atoms with Crippen molar-refractivity contribution in [3.63, 3.8) is 0 Å². The molecule has 0 unspecified atom stereocenters. The van der Waals surface area contributed by atoms with Crippen LogP contribution in [0.15, 0.2) is 23.1 Å². The van der Waals surface area contributed by atoms with Gasteiger partial charge in [-0.1, -0.05) is 18.2 Å². The molecule has 0 aromatic heterocycles. The van der Waals surface area contributed by atoms with Crippen LogP contribution in [0.25, 0.3) is 0 Å². The molecule has 87 valence electrons. The number of nitrogens with two attached hydrogens (primary N) is 1. The van der Waals surface area contributed by atoms with Gasteiger partial charge in [0.1, 0.15) is 0 Å². The van der Waals surface area contributed by atoms with Crippen LogP contribution in [0.1, 0.15) is 24.3 Å². The molecule has 0 amide bonds. The lowest BCUT2D eigenvalue weighted by Crippen LogP contribution is -2.28. The van der Waals surface area contributed by atoms with E-state index < -0.39 is 10.0 Å². The number of rotatable bonds is 2. The maximum atomic E-state index is 11.4. The zero-order valence-electron chi connectivity index (χ0n) is 8.94. The minimum atomic E-state index is -3.66. The summed E-state index contributed by atoms with van der Waals surface area (Å²) in [6, 6.07) is 7.98. The average molecular weight is 239 g/mol. The molecule has 0 aliphatic carbocycles. The van der Waals surface area contributed by atoms with E-state index in [0.29, 0.717) is 0 Å². The van der Waals surface area contributed by atoms with Crippen molar-refractivity contribution in [3.05, 3.63) is 29.8 Å². The first-order valence-corrected chi connectivity index (χ1v) is 6.88. The first kappa shape index (κ1) is 11.6. The zero-order chi connectivity index (χ0) is 11.6. The van der Waals surface area contributed by atoms with E-state index in [1.807, 2.05) is 12.1 Å². The van der Waals surface area contributed by atoms with Crippen LogP contribution in [0.2, 0.25) is 0 Å². The first-order valence-electron chi connectivity index (χ1n) is 5.33. The summed E-state index contributed by atoms with van der Waals surface area (Å²) in [6.07, 6.45) is 1.89. The Morgan fingerprint density at radius 1 is 1.38 bits per heavy atom. The van der Waals surface area contributed by atoms with Gasteiger partial charge >= 0.3 is 0 Å². The highest BCUT2D eigenvalue weighted by atomic mass is 32.2. The summed E-state index contributed by atoms with van der Waals surface area (Å²) in [4.78, 5) is 0.155. The summed E-state index contributed by atoms with van der Waals surface area (Å²) in [5, 5.41) is 8.44. The fourth-order valence-corrected chi connectivity index (χ4v) is 2.93. The van der Waals surface area contributed by atoms with Gasteiger partial charge < -0.3 is 5.32 Å². The van der Waals surface area contributed by atoms with Gasteiger partial charge in [-0.3, -0.25) is 0 Å². The van der Waals surface area contributed by atoms with E-state index in [4.69, 9.17) is 5.14 Å². The Bertz CT molecular complexity index is 465. The maximum absolute atomic E-state index is 11.4. The van der Waals surface area contributed by atoms with E-state index in [2.05, 4.69) is 11.4 Å². The Morgan fingerprint density at radius 2 is 2.06 bits per heavy atom. The van der Waals surface area contributed by atoms with Gasteiger partial charge in [0.25, 0.3) is 0 Å². The van der Waals surface area contributed by atoms with Crippen molar-refractivity contribution < 1.29 is 8.42 Å². The summed E-state index contributed by atoms with van der Waals surface area (Å²) in [5.74, 6) is 0.270. The van der Waals surface area contributed by atoms with Crippen molar-refractivity contribution in [2.75, 3.05) is 13.1 Å². The van der Waals surface area contributed by atoms with E-state index in [-0.39, 0.29) is 10.8 Å². The molecule has 1 aliphatic rings. The molecular formula is C11H15N2O2S. The number of benzene rings is 1. The molecule has 0 saturated carbocycles. The third-order valence-electron chi connectivity index (χ3n) is 2.91. The summed E-state index contributed by atoms with van der Waals surface area (Å²) in [5.41, 5.74) is 0.812. The summed E-state index contributed by atoms with van der Waals surface area (Å²) in [7, 11) is -3.66. The van der Waals surface area contributed by atoms with Crippen LogP contribution in [0.3, 0.4) is 0 Å². The van der Waals surface area contributed by atoms with E-state index in [1.165, 1.54) is 0 Å². The summed E-state index contributed by atoms with van der Waals surface area (Å²) >= 11 is 0. The molecule has 3 N–H and O–H groups in total. The number of primary sulfonamides is 1. The third-order valence-corrected chi connectivity index (χ3v) is 3.83. The number of hydrogen-bond acceptors (Lipinski definition) is 3. The van der Waals surface area contributed by atoms with Crippen LogP contribution >= 0.6 is 0 Å². The predicted molar refractivity (Wildman–Crippen MR) is 61.5 cm³/mol. The Morgan fingerprint density at radius 3 is 2.69 bits per heavy atom. The molecule has 1 saturated heterocycles. The molecule has 0 atom stereocenters. The van der Waals surface area contributed by atoms with Gasteiger partial charge in [-0.05, 0) is 37.4 Å². The van der Waals surface area contributed by atoms with Crippen molar-refractivity contribution in [3.8, 4) is 0 Å². The second-order valence-corrected chi connectivity index (χ2v) is 5.52. The Hall–Kier alpha value is -0.910.